The summed E-state index contributed by atoms with van der Waals surface area (Å²) < 4.78 is 2.07. The number of fused-ring (bicyclic) bond motifs is 1. The number of allylic oxidation sites excluding steroid dienone is 1. The van der Waals surface area contributed by atoms with Crippen LogP contribution < -0.4 is 4.57 Å². The van der Waals surface area contributed by atoms with Crippen molar-refractivity contribution in [1.82, 2.24) is 0 Å². The quantitative estimate of drug-likeness (QED) is 0.639. The summed E-state index contributed by atoms with van der Waals surface area (Å²) in [5.41, 5.74) is 3.12. The molecule has 1 aromatic carbocycles. The third kappa shape index (κ3) is 1.54. The molecule has 0 radical (unpaired) electrons. The van der Waals surface area contributed by atoms with Gasteiger partial charge >= 0.3 is 0 Å². The van der Waals surface area contributed by atoms with Crippen LogP contribution in [-0.2, 0) is 0 Å². The monoisotopic (exact) mass is 207 g/mol. The number of hydrogen-bond acceptors (Lipinski definition) is 1. The van der Waals surface area contributed by atoms with Crippen LogP contribution in [0.3, 0.4) is 0 Å². The number of hydrogen-bond donors (Lipinski definition) is 0. The molecule has 0 spiro atoms. The first-order valence-electron chi connectivity index (χ1n) is 5.26. The van der Waals surface area contributed by atoms with Crippen LogP contribution in [0.2, 0.25) is 0 Å². The summed E-state index contributed by atoms with van der Waals surface area (Å²) in [6, 6.07) is 16.1. The minimum absolute atomic E-state index is 0.986. The topological polar surface area (TPSA) is 16.2 Å². The summed E-state index contributed by atoms with van der Waals surface area (Å²) in [4.78, 5) is 4.61. The first kappa shape index (κ1) is 9.04. The second-order valence-electron chi connectivity index (χ2n) is 3.64. The summed E-state index contributed by atoms with van der Waals surface area (Å²) in [7, 11) is 0. The normalized spacial score (nSPS) is 15.4. The van der Waals surface area contributed by atoms with Crippen molar-refractivity contribution in [2.75, 3.05) is 0 Å². The van der Waals surface area contributed by atoms with Gasteiger partial charge in [0.2, 0.25) is 5.69 Å². The zero-order valence-corrected chi connectivity index (χ0v) is 8.75. The highest BCUT2D eigenvalue weighted by molar-refractivity contribution is 6.10. The zero-order valence-electron chi connectivity index (χ0n) is 8.75. The van der Waals surface area contributed by atoms with Crippen LogP contribution in [0, 0.1) is 0 Å². The van der Waals surface area contributed by atoms with E-state index in [0.717, 1.165) is 17.1 Å². The summed E-state index contributed by atoms with van der Waals surface area (Å²) in [5, 5.41) is 0. The molecule has 2 nitrogen and oxygen atoms in total. The van der Waals surface area contributed by atoms with Crippen molar-refractivity contribution in [3.63, 3.8) is 0 Å². The summed E-state index contributed by atoms with van der Waals surface area (Å²) >= 11 is 0. The molecule has 3 rings (SSSR count). The van der Waals surface area contributed by atoms with Crippen molar-refractivity contribution in [3.05, 3.63) is 66.5 Å². The van der Waals surface area contributed by atoms with Gasteiger partial charge in [-0.3, -0.25) is 0 Å². The molecule has 0 aliphatic carbocycles. The molecule has 0 N–H and O–H groups in total. The Balaban J connectivity index is 2.06. The Morgan fingerprint density at radius 3 is 2.56 bits per heavy atom. The lowest BCUT2D eigenvalue weighted by Gasteiger charge is -1.94. The zero-order chi connectivity index (χ0) is 10.8. The molecule has 0 saturated heterocycles. The number of aliphatic imine (C=N–C) groups is 1. The average molecular weight is 207 g/mol. The SMILES string of the molecule is C1=C[n+]2ccccc2C1=Nc1ccccc1. The van der Waals surface area contributed by atoms with Crippen LogP contribution in [0.15, 0.2) is 65.8 Å². The molecule has 0 fully saturated rings. The average Bonchev–Trinajstić information content (AvgIpc) is 2.74. The first-order valence-corrected chi connectivity index (χ1v) is 5.26. The summed E-state index contributed by atoms with van der Waals surface area (Å²) in [5.74, 6) is 0. The molecule has 76 valence electrons. The number of rotatable bonds is 1. The summed E-state index contributed by atoms with van der Waals surface area (Å²) in [6.07, 6.45) is 6.08. The van der Waals surface area contributed by atoms with Crippen LogP contribution in [0.4, 0.5) is 5.69 Å². The second kappa shape index (κ2) is 3.74. The van der Waals surface area contributed by atoms with Crippen LogP contribution in [0.1, 0.15) is 5.69 Å². The van der Waals surface area contributed by atoms with E-state index in [1.807, 2.05) is 60.9 Å². The van der Waals surface area contributed by atoms with Crippen LogP contribution in [0.25, 0.3) is 6.20 Å². The number of benzene rings is 1. The predicted octanol–water partition coefficient (Wildman–Crippen LogP) is 2.58. The van der Waals surface area contributed by atoms with Crippen molar-refractivity contribution < 1.29 is 4.57 Å². The molecule has 16 heavy (non-hydrogen) atoms. The Labute approximate surface area is 94.2 Å². The molecule has 2 heteroatoms. The van der Waals surface area contributed by atoms with Crippen LogP contribution >= 0.6 is 0 Å². The van der Waals surface area contributed by atoms with Gasteiger partial charge in [0.1, 0.15) is 5.71 Å². The standard InChI is InChI=1S/C14H11N2/c1-2-6-12(7-3-1)15-13-9-11-16-10-5-4-8-14(13)16/h1-11H/q+1. The van der Waals surface area contributed by atoms with Crippen molar-refractivity contribution in [1.29, 1.82) is 0 Å². The molecule has 1 aromatic heterocycles. The molecule has 1 aliphatic heterocycles. The van der Waals surface area contributed by atoms with Gasteiger partial charge in [-0.25, -0.2) is 4.99 Å². The maximum absolute atomic E-state index is 4.61. The van der Waals surface area contributed by atoms with E-state index in [4.69, 9.17) is 0 Å². The Hall–Kier alpha value is -2.22. The Morgan fingerprint density at radius 1 is 0.875 bits per heavy atom. The molecule has 0 saturated carbocycles. The van der Waals surface area contributed by atoms with Crippen LogP contribution in [-0.4, -0.2) is 5.71 Å². The van der Waals surface area contributed by atoms with Gasteiger partial charge in [0.15, 0.2) is 12.4 Å². The lowest BCUT2D eigenvalue weighted by atomic mass is 10.2. The molecule has 0 atom stereocenters. The smallest absolute Gasteiger partial charge is 0.236 e. The molecule has 2 heterocycles. The molecular formula is C14H11N2+. The molecule has 0 bridgehead atoms. The number of nitrogens with zero attached hydrogens (tertiary/aromatic N) is 2. The van der Waals surface area contributed by atoms with Gasteiger partial charge < -0.3 is 0 Å². The lowest BCUT2D eigenvalue weighted by Crippen LogP contribution is -2.28. The number of aromatic nitrogens is 1. The highest BCUT2D eigenvalue weighted by atomic mass is 15.0. The van der Waals surface area contributed by atoms with E-state index in [2.05, 4.69) is 15.6 Å². The Morgan fingerprint density at radius 2 is 1.69 bits per heavy atom. The minimum Gasteiger partial charge on any atom is -0.242 e. The fourth-order valence-corrected chi connectivity index (χ4v) is 1.78. The minimum atomic E-state index is 0.986. The third-order valence-corrected chi connectivity index (χ3v) is 2.55. The number of para-hydroxylation sites is 1. The van der Waals surface area contributed by atoms with E-state index in [1.54, 1.807) is 0 Å². The van der Waals surface area contributed by atoms with Crippen molar-refractivity contribution in [2.24, 2.45) is 4.99 Å². The van der Waals surface area contributed by atoms with Crippen molar-refractivity contribution in [3.8, 4) is 0 Å². The van der Waals surface area contributed by atoms with Crippen molar-refractivity contribution >= 4 is 17.6 Å². The van der Waals surface area contributed by atoms with Gasteiger partial charge in [-0.05, 0) is 18.2 Å². The van der Waals surface area contributed by atoms with Gasteiger partial charge in [-0.2, -0.15) is 4.57 Å². The fourth-order valence-electron chi connectivity index (χ4n) is 1.78. The molecule has 1 aliphatic rings. The van der Waals surface area contributed by atoms with Gasteiger partial charge in [-0.1, -0.05) is 18.2 Å². The van der Waals surface area contributed by atoms with E-state index < -0.39 is 0 Å². The predicted molar refractivity (Wildman–Crippen MR) is 64.6 cm³/mol. The molecule has 0 unspecified atom stereocenters. The van der Waals surface area contributed by atoms with Gasteiger partial charge in [0.25, 0.3) is 0 Å². The van der Waals surface area contributed by atoms with Gasteiger partial charge in [0, 0.05) is 18.2 Å². The van der Waals surface area contributed by atoms with E-state index >= 15 is 0 Å². The van der Waals surface area contributed by atoms with E-state index in [-0.39, 0.29) is 0 Å². The van der Waals surface area contributed by atoms with E-state index in [1.165, 1.54) is 0 Å². The second-order valence-corrected chi connectivity index (χ2v) is 3.64. The Kier molecular flexibility index (Phi) is 2.11. The third-order valence-electron chi connectivity index (χ3n) is 2.55. The van der Waals surface area contributed by atoms with Gasteiger partial charge in [-0.15, -0.1) is 0 Å². The van der Waals surface area contributed by atoms with E-state index in [0.29, 0.717) is 0 Å². The molecular weight excluding hydrogens is 196 g/mol. The van der Waals surface area contributed by atoms with E-state index in [9.17, 15) is 0 Å². The number of pyridine rings is 1. The fraction of sp³-hybridized carbons (Fsp3) is 0. The molecule has 0 amide bonds. The maximum Gasteiger partial charge on any atom is 0.236 e. The largest absolute Gasteiger partial charge is 0.242 e. The van der Waals surface area contributed by atoms with Crippen LogP contribution in [0.5, 0.6) is 0 Å². The first-order chi connectivity index (χ1) is 7.93. The molecule has 2 aromatic rings. The maximum atomic E-state index is 4.61. The Bertz CT molecular complexity index is 568. The highest BCUT2D eigenvalue weighted by Gasteiger charge is 2.18. The van der Waals surface area contributed by atoms with Crippen molar-refractivity contribution in [2.45, 2.75) is 0 Å². The summed E-state index contributed by atoms with van der Waals surface area (Å²) in [6.45, 7) is 0. The lowest BCUT2D eigenvalue weighted by molar-refractivity contribution is -0.566. The van der Waals surface area contributed by atoms with Gasteiger partial charge in [0.05, 0.1) is 5.69 Å². The highest BCUT2D eigenvalue weighted by Crippen LogP contribution is 2.14.